The van der Waals surface area contributed by atoms with E-state index in [2.05, 4.69) is 27.7 Å². The number of ether oxygens (including phenoxy) is 2. The molecule has 2 aromatic rings. The van der Waals surface area contributed by atoms with Crippen LogP contribution in [-0.4, -0.2) is 56.8 Å². The lowest BCUT2D eigenvalue weighted by Crippen LogP contribution is -2.43. The standard InChI is InChI=1S/C24H32ClN3O3/c1-17-12-18(8-9-23(17)31-3)14-27-20-13-22(24(29)26-10-11-30-2)28(16-20)15-19-6-4-5-7-21(19)25/h4-9,12,20,22,27H,10-11,13-16H2,1-3H3,(H,26,29)/t20-,22+/m1/s1. The predicted molar refractivity (Wildman–Crippen MR) is 124 cm³/mol. The van der Waals surface area contributed by atoms with Gasteiger partial charge in [0.25, 0.3) is 0 Å². The quantitative estimate of drug-likeness (QED) is 0.550. The number of nitrogens with zero attached hydrogens (tertiary/aromatic N) is 1. The average molecular weight is 446 g/mol. The highest BCUT2D eigenvalue weighted by molar-refractivity contribution is 6.31. The van der Waals surface area contributed by atoms with Gasteiger partial charge in [-0.15, -0.1) is 0 Å². The number of likely N-dealkylation sites (tertiary alicyclic amines) is 1. The van der Waals surface area contributed by atoms with Crippen molar-refractivity contribution >= 4 is 17.5 Å². The average Bonchev–Trinajstić information content (AvgIpc) is 3.17. The fourth-order valence-corrected chi connectivity index (χ4v) is 4.25. The third-order valence-electron chi connectivity index (χ3n) is 5.70. The number of amides is 1. The maximum absolute atomic E-state index is 12.9. The molecule has 7 heteroatoms. The molecule has 168 valence electrons. The van der Waals surface area contributed by atoms with E-state index in [0.29, 0.717) is 19.7 Å². The van der Waals surface area contributed by atoms with Crippen LogP contribution in [0.4, 0.5) is 0 Å². The molecule has 6 nitrogen and oxygen atoms in total. The highest BCUT2D eigenvalue weighted by atomic mass is 35.5. The van der Waals surface area contributed by atoms with Crippen LogP contribution in [-0.2, 0) is 22.6 Å². The SMILES string of the molecule is COCCNC(=O)[C@@H]1C[C@@H](NCc2ccc(OC)c(C)c2)CN1Cc1ccccc1Cl. The van der Waals surface area contributed by atoms with Crippen molar-refractivity contribution in [2.75, 3.05) is 33.9 Å². The Balaban J connectivity index is 1.65. The number of carbonyl (C=O) groups is 1. The lowest BCUT2D eigenvalue weighted by Gasteiger charge is -2.24. The summed E-state index contributed by atoms with van der Waals surface area (Å²) in [6.45, 7) is 5.22. The van der Waals surface area contributed by atoms with Crippen LogP contribution in [0.1, 0.15) is 23.1 Å². The minimum Gasteiger partial charge on any atom is -0.496 e. The highest BCUT2D eigenvalue weighted by Gasteiger charge is 2.36. The van der Waals surface area contributed by atoms with Gasteiger partial charge in [0.1, 0.15) is 5.75 Å². The topological polar surface area (TPSA) is 62.8 Å². The Bertz CT molecular complexity index is 877. The van der Waals surface area contributed by atoms with Gasteiger partial charge in [0.15, 0.2) is 0 Å². The first-order chi connectivity index (χ1) is 15.0. The van der Waals surface area contributed by atoms with Crippen LogP contribution in [0.2, 0.25) is 5.02 Å². The number of rotatable bonds is 10. The molecule has 31 heavy (non-hydrogen) atoms. The number of methoxy groups -OCH3 is 2. The molecule has 0 aromatic heterocycles. The summed E-state index contributed by atoms with van der Waals surface area (Å²) in [5.74, 6) is 0.928. The van der Waals surface area contributed by atoms with E-state index in [9.17, 15) is 4.79 Å². The van der Waals surface area contributed by atoms with Crippen molar-refractivity contribution in [3.8, 4) is 5.75 Å². The van der Waals surface area contributed by atoms with Crippen molar-refractivity contribution in [3.05, 3.63) is 64.2 Å². The maximum atomic E-state index is 12.9. The Morgan fingerprint density at radius 1 is 1.23 bits per heavy atom. The zero-order valence-electron chi connectivity index (χ0n) is 18.5. The van der Waals surface area contributed by atoms with Gasteiger partial charge in [-0.2, -0.15) is 0 Å². The van der Waals surface area contributed by atoms with Crippen molar-refractivity contribution in [1.29, 1.82) is 0 Å². The van der Waals surface area contributed by atoms with Crippen LogP contribution in [0, 0.1) is 6.92 Å². The second kappa shape index (κ2) is 11.5. The maximum Gasteiger partial charge on any atom is 0.237 e. The van der Waals surface area contributed by atoms with E-state index in [1.54, 1.807) is 14.2 Å². The second-order valence-corrected chi connectivity index (χ2v) is 8.35. The van der Waals surface area contributed by atoms with Crippen LogP contribution in [0.3, 0.4) is 0 Å². The summed E-state index contributed by atoms with van der Waals surface area (Å²) in [7, 11) is 3.32. The number of halogens is 1. The van der Waals surface area contributed by atoms with Gasteiger partial charge >= 0.3 is 0 Å². The zero-order chi connectivity index (χ0) is 22.2. The van der Waals surface area contributed by atoms with Crippen molar-refractivity contribution in [2.24, 2.45) is 0 Å². The molecule has 2 atom stereocenters. The second-order valence-electron chi connectivity index (χ2n) is 7.94. The molecule has 0 aliphatic carbocycles. The molecule has 2 N–H and O–H groups in total. The number of aryl methyl sites for hydroxylation is 1. The molecule has 0 spiro atoms. The van der Waals surface area contributed by atoms with Gasteiger partial charge in [-0.1, -0.05) is 41.9 Å². The van der Waals surface area contributed by atoms with Gasteiger partial charge < -0.3 is 20.1 Å². The molecular formula is C24H32ClN3O3. The molecule has 1 amide bonds. The molecular weight excluding hydrogens is 414 g/mol. The van der Waals surface area contributed by atoms with Crippen LogP contribution in [0.5, 0.6) is 5.75 Å². The Hall–Kier alpha value is -2.12. The first kappa shape index (κ1) is 23.5. The number of hydrogen-bond donors (Lipinski definition) is 2. The lowest BCUT2D eigenvalue weighted by atomic mass is 10.1. The van der Waals surface area contributed by atoms with Crippen LogP contribution in [0.25, 0.3) is 0 Å². The van der Waals surface area contributed by atoms with Gasteiger partial charge in [0.2, 0.25) is 5.91 Å². The molecule has 1 saturated heterocycles. The van der Waals surface area contributed by atoms with Gasteiger partial charge in [-0.25, -0.2) is 0 Å². The summed E-state index contributed by atoms with van der Waals surface area (Å²) in [5.41, 5.74) is 3.35. The van der Waals surface area contributed by atoms with Gasteiger partial charge in [0, 0.05) is 44.4 Å². The predicted octanol–water partition coefficient (Wildman–Crippen LogP) is 3.15. The molecule has 0 unspecified atom stereocenters. The van der Waals surface area contributed by atoms with E-state index in [0.717, 1.165) is 41.4 Å². The summed E-state index contributed by atoms with van der Waals surface area (Å²) in [6.07, 6.45) is 0.748. The largest absolute Gasteiger partial charge is 0.496 e. The first-order valence-corrected chi connectivity index (χ1v) is 11.0. The molecule has 1 aliphatic rings. The summed E-state index contributed by atoms with van der Waals surface area (Å²) in [6, 6.07) is 14.0. The highest BCUT2D eigenvalue weighted by Crippen LogP contribution is 2.25. The third-order valence-corrected chi connectivity index (χ3v) is 6.07. The molecule has 1 heterocycles. The van der Waals surface area contributed by atoms with Crippen LogP contribution >= 0.6 is 11.6 Å². The Labute approximate surface area is 189 Å². The van der Waals surface area contributed by atoms with E-state index < -0.39 is 0 Å². The van der Waals surface area contributed by atoms with Gasteiger partial charge in [-0.05, 0) is 42.2 Å². The first-order valence-electron chi connectivity index (χ1n) is 10.6. The monoisotopic (exact) mass is 445 g/mol. The van der Waals surface area contributed by atoms with Crippen molar-refractivity contribution in [2.45, 2.75) is 38.5 Å². The Kier molecular flexibility index (Phi) is 8.72. The normalized spacial score (nSPS) is 18.8. The van der Waals surface area contributed by atoms with Crippen molar-refractivity contribution in [3.63, 3.8) is 0 Å². The molecule has 0 bridgehead atoms. The molecule has 1 aliphatic heterocycles. The van der Waals surface area contributed by atoms with Crippen molar-refractivity contribution < 1.29 is 14.3 Å². The zero-order valence-corrected chi connectivity index (χ0v) is 19.2. The summed E-state index contributed by atoms with van der Waals surface area (Å²) in [5, 5.41) is 7.34. The van der Waals surface area contributed by atoms with Crippen LogP contribution < -0.4 is 15.4 Å². The number of carbonyl (C=O) groups excluding carboxylic acids is 1. The van der Waals surface area contributed by atoms with Gasteiger partial charge in [0.05, 0.1) is 19.8 Å². The van der Waals surface area contributed by atoms with Crippen LogP contribution in [0.15, 0.2) is 42.5 Å². The summed E-state index contributed by atoms with van der Waals surface area (Å²) < 4.78 is 10.4. The summed E-state index contributed by atoms with van der Waals surface area (Å²) in [4.78, 5) is 15.1. The Morgan fingerprint density at radius 2 is 2.03 bits per heavy atom. The Morgan fingerprint density at radius 3 is 2.74 bits per heavy atom. The number of benzene rings is 2. The number of nitrogens with one attached hydrogen (secondary N) is 2. The molecule has 2 aromatic carbocycles. The minimum absolute atomic E-state index is 0.0358. The molecule has 1 fully saturated rings. The van der Waals surface area contributed by atoms with E-state index in [4.69, 9.17) is 21.1 Å². The molecule has 0 radical (unpaired) electrons. The van der Waals surface area contributed by atoms with Crippen molar-refractivity contribution in [1.82, 2.24) is 15.5 Å². The smallest absolute Gasteiger partial charge is 0.237 e. The fraction of sp³-hybridized carbons (Fsp3) is 0.458. The minimum atomic E-state index is -0.205. The van der Waals surface area contributed by atoms with E-state index in [-0.39, 0.29) is 18.0 Å². The number of hydrogen-bond acceptors (Lipinski definition) is 5. The van der Waals surface area contributed by atoms with E-state index in [1.807, 2.05) is 37.3 Å². The van der Waals surface area contributed by atoms with Gasteiger partial charge in [-0.3, -0.25) is 9.69 Å². The lowest BCUT2D eigenvalue weighted by molar-refractivity contribution is -0.125. The fourth-order valence-electron chi connectivity index (χ4n) is 4.05. The third kappa shape index (κ3) is 6.43. The van der Waals surface area contributed by atoms with E-state index >= 15 is 0 Å². The molecule has 0 saturated carbocycles. The summed E-state index contributed by atoms with van der Waals surface area (Å²) >= 11 is 6.38. The van der Waals surface area contributed by atoms with E-state index in [1.165, 1.54) is 5.56 Å². The molecule has 3 rings (SSSR count).